The summed E-state index contributed by atoms with van der Waals surface area (Å²) in [6, 6.07) is 10.3. The van der Waals surface area contributed by atoms with Crippen LogP contribution in [0.15, 0.2) is 48.5 Å². The second kappa shape index (κ2) is 7.82. The minimum Gasteiger partial charge on any atom is -0.348 e. The van der Waals surface area contributed by atoms with Crippen molar-refractivity contribution in [2.24, 2.45) is 0 Å². The molecule has 2 atom stereocenters. The van der Waals surface area contributed by atoms with Gasteiger partial charge in [-0.3, -0.25) is 9.10 Å². The summed E-state index contributed by atoms with van der Waals surface area (Å²) in [6.07, 6.45) is 0.901. The van der Waals surface area contributed by atoms with E-state index in [0.29, 0.717) is 0 Å². The SMILES string of the molecule is C[C@H](C(=O)N[C@H](C)c1ccccc1)N(c1ccc(F)c(F)c1)S(C)(=O)=O. The van der Waals surface area contributed by atoms with E-state index in [4.69, 9.17) is 0 Å². The van der Waals surface area contributed by atoms with Crippen LogP contribution in [0, 0.1) is 11.6 Å². The van der Waals surface area contributed by atoms with Gasteiger partial charge in [0.15, 0.2) is 11.6 Å². The highest BCUT2D eigenvalue weighted by Crippen LogP contribution is 2.23. The van der Waals surface area contributed by atoms with E-state index in [2.05, 4.69) is 5.32 Å². The molecule has 8 heteroatoms. The summed E-state index contributed by atoms with van der Waals surface area (Å²) < 4.78 is 51.8. The average molecular weight is 382 g/mol. The largest absolute Gasteiger partial charge is 0.348 e. The van der Waals surface area contributed by atoms with E-state index in [1.54, 1.807) is 6.92 Å². The van der Waals surface area contributed by atoms with Crippen LogP contribution in [0.1, 0.15) is 25.5 Å². The van der Waals surface area contributed by atoms with E-state index in [-0.39, 0.29) is 11.7 Å². The van der Waals surface area contributed by atoms with Crippen molar-refractivity contribution in [3.63, 3.8) is 0 Å². The van der Waals surface area contributed by atoms with Gasteiger partial charge in [-0.05, 0) is 31.5 Å². The van der Waals surface area contributed by atoms with Crippen molar-refractivity contribution in [1.82, 2.24) is 5.32 Å². The number of hydrogen-bond acceptors (Lipinski definition) is 3. The van der Waals surface area contributed by atoms with Crippen molar-refractivity contribution in [2.45, 2.75) is 25.9 Å². The Morgan fingerprint density at radius 3 is 2.19 bits per heavy atom. The molecule has 0 saturated carbocycles. The molecule has 0 heterocycles. The van der Waals surface area contributed by atoms with Crippen LogP contribution >= 0.6 is 0 Å². The lowest BCUT2D eigenvalue weighted by Crippen LogP contribution is -2.48. The van der Waals surface area contributed by atoms with Crippen molar-refractivity contribution in [2.75, 3.05) is 10.6 Å². The monoisotopic (exact) mass is 382 g/mol. The van der Waals surface area contributed by atoms with Crippen LogP contribution in [0.4, 0.5) is 14.5 Å². The Bertz CT molecular complexity index is 889. The molecule has 0 unspecified atom stereocenters. The molecular formula is C18H20F2N2O3S. The van der Waals surface area contributed by atoms with Gasteiger partial charge < -0.3 is 5.32 Å². The zero-order valence-corrected chi connectivity index (χ0v) is 15.4. The number of hydrogen-bond donors (Lipinski definition) is 1. The molecule has 5 nitrogen and oxygen atoms in total. The lowest BCUT2D eigenvalue weighted by atomic mass is 10.1. The first-order chi connectivity index (χ1) is 12.1. The molecule has 2 rings (SSSR count). The van der Waals surface area contributed by atoms with Crippen molar-refractivity contribution in [1.29, 1.82) is 0 Å². The summed E-state index contributed by atoms with van der Waals surface area (Å²) >= 11 is 0. The number of carbonyl (C=O) groups excluding carboxylic acids is 1. The number of anilines is 1. The van der Waals surface area contributed by atoms with Crippen molar-refractivity contribution < 1.29 is 22.0 Å². The van der Waals surface area contributed by atoms with Crippen LogP contribution in [0.5, 0.6) is 0 Å². The van der Waals surface area contributed by atoms with Gasteiger partial charge in [-0.1, -0.05) is 30.3 Å². The Hall–Kier alpha value is -2.48. The third-order valence-corrected chi connectivity index (χ3v) is 5.15. The van der Waals surface area contributed by atoms with Gasteiger partial charge in [0.1, 0.15) is 6.04 Å². The maximum Gasteiger partial charge on any atom is 0.244 e. The number of nitrogens with zero attached hydrogens (tertiary/aromatic N) is 1. The molecule has 26 heavy (non-hydrogen) atoms. The highest BCUT2D eigenvalue weighted by atomic mass is 32.2. The van der Waals surface area contributed by atoms with Crippen LogP contribution in [0.25, 0.3) is 0 Å². The summed E-state index contributed by atoms with van der Waals surface area (Å²) in [5, 5.41) is 2.73. The molecule has 0 radical (unpaired) electrons. The van der Waals surface area contributed by atoms with Crippen LogP contribution in [-0.2, 0) is 14.8 Å². The summed E-state index contributed by atoms with van der Waals surface area (Å²) in [4.78, 5) is 12.6. The first kappa shape index (κ1) is 19.8. The Morgan fingerprint density at radius 2 is 1.65 bits per heavy atom. The van der Waals surface area contributed by atoms with Gasteiger partial charge >= 0.3 is 0 Å². The van der Waals surface area contributed by atoms with E-state index >= 15 is 0 Å². The highest BCUT2D eigenvalue weighted by molar-refractivity contribution is 7.92. The lowest BCUT2D eigenvalue weighted by Gasteiger charge is -2.29. The zero-order chi connectivity index (χ0) is 19.5. The Morgan fingerprint density at radius 1 is 1.04 bits per heavy atom. The second-order valence-corrected chi connectivity index (χ2v) is 7.83. The van der Waals surface area contributed by atoms with E-state index in [1.807, 2.05) is 30.3 Å². The third-order valence-electron chi connectivity index (χ3n) is 3.90. The molecule has 0 aromatic heterocycles. The fourth-order valence-corrected chi connectivity index (χ4v) is 3.76. The normalized spacial score (nSPS) is 13.7. The fraction of sp³-hybridized carbons (Fsp3) is 0.278. The molecule has 0 saturated heterocycles. The molecule has 140 valence electrons. The molecule has 0 aliphatic heterocycles. The molecule has 1 N–H and O–H groups in total. The number of amides is 1. The minimum absolute atomic E-state index is 0.124. The molecule has 2 aromatic carbocycles. The molecule has 0 aliphatic carbocycles. The Kier molecular flexibility index (Phi) is 5.97. The zero-order valence-electron chi connectivity index (χ0n) is 14.6. The highest BCUT2D eigenvalue weighted by Gasteiger charge is 2.30. The Labute approximate surface area is 151 Å². The summed E-state index contributed by atoms with van der Waals surface area (Å²) in [5.74, 6) is -2.85. The number of carbonyl (C=O) groups is 1. The maximum absolute atomic E-state index is 13.5. The van der Waals surface area contributed by atoms with Crippen LogP contribution < -0.4 is 9.62 Å². The standard InChI is InChI=1S/C18H20F2N2O3S/c1-12(14-7-5-4-6-8-14)21-18(23)13(2)22(26(3,24)25)15-9-10-16(19)17(20)11-15/h4-13H,1-3H3,(H,21,23)/t12-,13-/m1/s1. The van der Waals surface area contributed by atoms with Crippen LogP contribution in [0.2, 0.25) is 0 Å². The quantitative estimate of drug-likeness (QED) is 0.835. The number of nitrogens with one attached hydrogen (secondary N) is 1. The van der Waals surface area contributed by atoms with E-state index in [1.165, 1.54) is 6.92 Å². The van der Waals surface area contributed by atoms with E-state index < -0.39 is 33.6 Å². The molecule has 0 spiro atoms. The number of benzene rings is 2. The first-order valence-corrected chi connectivity index (χ1v) is 9.76. The fourth-order valence-electron chi connectivity index (χ4n) is 2.59. The average Bonchev–Trinajstić information content (AvgIpc) is 2.57. The summed E-state index contributed by atoms with van der Waals surface area (Å²) in [6.45, 7) is 3.15. The van der Waals surface area contributed by atoms with Gasteiger partial charge in [-0.2, -0.15) is 0 Å². The molecule has 0 fully saturated rings. The minimum atomic E-state index is -3.91. The predicted molar refractivity (Wildman–Crippen MR) is 96.1 cm³/mol. The lowest BCUT2D eigenvalue weighted by molar-refractivity contribution is -0.122. The number of rotatable bonds is 6. The molecule has 1 amide bonds. The van der Waals surface area contributed by atoms with Crippen LogP contribution in [0.3, 0.4) is 0 Å². The van der Waals surface area contributed by atoms with E-state index in [0.717, 1.165) is 34.3 Å². The van der Waals surface area contributed by atoms with Gasteiger partial charge in [-0.15, -0.1) is 0 Å². The maximum atomic E-state index is 13.5. The van der Waals surface area contributed by atoms with Crippen LogP contribution in [-0.4, -0.2) is 26.6 Å². The van der Waals surface area contributed by atoms with Crippen molar-refractivity contribution in [3.8, 4) is 0 Å². The van der Waals surface area contributed by atoms with Gasteiger partial charge in [0.25, 0.3) is 0 Å². The topological polar surface area (TPSA) is 66.5 Å². The van der Waals surface area contributed by atoms with Gasteiger partial charge in [-0.25, -0.2) is 17.2 Å². The predicted octanol–water partition coefficient (Wildman–Crippen LogP) is 3.00. The smallest absolute Gasteiger partial charge is 0.244 e. The number of halogens is 2. The summed E-state index contributed by atoms with van der Waals surface area (Å²) in [7, 11) is -3.91. The van der Waals surface area contributed by atoms with Gasteiger partial charge in [0, 0.05) is 6.07 Å². The molecule has 2 aromatic rings. The third kappa shape index (κ3) is 4.57. The molecular weight excluding hydrogens is 362 g/mol. The van der Waals surface area contributed by atoms with Crippen molar-refractivity contribution >= 4 is 21.6 Å². The molecule has 0 aliphatic rings. The van der Waals surface area contributed by atoms with E-state index in [9.17, 15) is 22.0 Å². The summed E-state index contributed by atoms with van der Waals surface area (Å²) in [5.41, 5.74) is 0.730. The van der Waals surface area contributed by atoms with Crippen molar-refractivity contribution in [3.05, 3.63) is 65.7 Å². The molecule has 0 bridgehead atoms. The van der Waals surface area contributed by atoms with Gasteiger partial charge in [0.05, 0.1) is 18.0 Å². The second-order valence-electron chi connectivity index (χ2n) is 5.97. The first-order valence-electron chi connectivity index (χ1n) is 7.91. The van der Waals surface area contributed by atoms with Gasteiger partial charge in [0.2, 0.25) is 15.9 Å². The Balaban J connectivity index is 2.27. The number of sulfonamides is 1.